The van der Waals surface area contributed by atoms with Gasteiger partial charge in [-0.05, 0) is 32.0 Å². The van der Waals surface area contributed by atoms with E-state index in [4.69, 9.17) is 5.73 Å². The molecule has 110 valence electrons. The van der Waals surface area contributed by atoms with Crippen molar-refractivity contribution < 1.29 is 13.2 Å². The van der Waals surface area contributed by atoms with Crippen molar-refractivity contribution in [3.05, 3.63) is 35.9 Å². The van der Waals surface area contributed by atoms with Gasteiger partial charge in [0.25, 0.3) is 5.91 Å². The molecule has 0 atom stereocenters. The largest absolute Gasteiger partial charge is 0.399 e. The first-order chi connectivity index (χ1) is 9.15. The summed E-state index contributed by atoms with van der Waals surface area (Å²) in [6.45, 7) is 8.40. The third-order valence-corrected chi connectivity index (χ3v) is 3.83. The number of anilines is 1. The van der Waals surface area contributed by atoms with Gasteiger partial charge < -0.3 is 10.6 Å². The molecule has 0 aliphatic heterocycles. The molecular weight excluding hydrogens is 276 g/mol. The second kappa shape index (κ2) is 6.09. The molecule has 0 bridgehead atoms. The van der Waals surface area contributed by atoms with Crippen LogP contribution in [0.4, 0.5) is 5.69 Å². The normalized spacial score (nSPS) is 11.2. The quantitative estimate of drug-likeness (QED) is 0.662. The van der Waals surface area contributed by atoms with Crippen LogP contribution in [-0.2, 0) is 9.84 Å². The van der Waals surface area contributed by atoms with Crippen molar-refractivity contribution in [1.82, 2.24) is 4.90 Å². The van der Waals surface area contributed by atoms with Crippen LogP contribution in [0.2, 0.25) is 0 Å². The third-order valence-electron chi connectivity index (χ3n) is 2.73. The van der Waals surface area contributed by atoms with Crippen molar-refractivity contribution in [3.63, 3.8) is 0 Å². The molecule has 0 spiro atoms. The maximum absolute atomic E-state index is 12.4. The summed E-state index contributed by atoms with van der Waals surface area (Å²) in [6.07, 6.45) is 1.08. The zero-order chi connectivity index (χ0) is 15.5. The van der Waals surface area contributed by atoms with Gasteiger partial charge in [-0.25, -0.2) is 8.42 Å². The van der Waals surface area contributed by atoms with Crippen molar-refractivity contribution in [2.75, 3.05) is 25.1 Å². The average Bonchev–Trinajstić information content (AvgIpc) is 2.33. The lowest BCUT2D eigenvalue weighted by molar-refractivity contribution is 0.0778. The molecule has 1 rings (SSSR count). The van der Waals surface area contributed by atoms with E-state index >= 15 is 0 Å². The summed E-state index contributed by atoms with van der Waals surface area (Å²) in [5.74, 6) is -0.257. The Morgan fingerprint density at radius 2 is 1.95 bits per heavy atom. The molecule has 0 saturated heterocycles. The summed E-state index contributed by atoms with van der Waals surface area (Å²) < 4.78 is 23.2. The molecule has 0 fully saturated rings. The molecule has 1 aromatic carbocycles. The van der Waals surface area contributed by atoms with Gasteiger partial charge in [0.15, 0.2) is 9.84 Å². The Hall–Kier alpha value is -1.82. The highest BCUT2D eigenvalue weighted by atomic mass is 32.2. The van der Waals surface area contributed by atoms with E-state index in [1.54, 1.807) is 4.90 Å². The first kappa shape index (κ1) is 16.2. The predicted octanol–water partition coefficient (Wildman–Crippen LogP) is 1.71. The summed E-state index contributed by atoms with van der Waals surface area (Å²) >= 11 is 0. The number of nitrogen functional groups attached to an aromatic ring is 1. The number of nitrogens with zero attached hydrogens (tertiary/aromatic N) is 1. The summed E-state index contributed by atoms with van der Waals surface area (Å²) in [6, 6.07) is 4.19. The smallest absolute Gasteiger partial charge is 0.254 e. The molecule has 0 aliphatic rings. The lowest BCUT2D eigenvalue weighted by atomic mass is 10.1. The Labute approximate surface area is 120 Å². The fourth-order valence-corrected chi connectivity index (χ4v) is 2.49. The second-order valence-corrected chi connectivity index (χ2v) is 6.86. The standard InChI is InChI=1S/C14H20N2O3S/c1-5-16(9-10(2)3)14(17)11-6-12(15)8-13(7-11)20(4,18)19/h6-8H,2,5,9,15H2,1,3-4H3. The van der Waals surface area contributed by atoms with Crippen molar-refractivity contribution >= 4 is 21.4 Å². The molecule has 0 heterocycles. The van der Waals surface area contributed by atoms with Crippen LogP contribution in [-0.4, -0.2) is 38.6 Å². The number of hydrogen-bond donors (Lipinski definition) is 1. The number of benzene rings is 1. The summed E-state index contributed by atoms with van der Waals surface area (Å²) in [5, 5.41) is 0. The van der Waals surface area contributed by atoms with Crippen LogP contribution in [0.25, 0.3) is 0 Å². The molecule has 0 unspecified atom stereocenters. The van der Waals surface area contributed by atoms with Crippen LogP contribution >= 0.6 is 0 Å². The number of amides is 1. The number of rotatable bonds is 5. The Bertz CT molecular complexity index is 636. The molecule has 1 aromatic rings. The van der Waals surface area contributed by atoms with E-state index in [1.807, 2.05) is 13.8 Å². The molecule has 0 aliphatic carbocycles. The number of sulfone groups is 1. The molecule has 20 heavy (non-hydrogen) atoms. The first-order valence-electron chi connectivity index (χ1n) is 6.19. The van der Waals surface area contributed by atoms with Crippen LogP contribution in [0.1, 0.15) is 24.2 Å². The monoisotopic (exact) mass is 296 g/mol. The van der Waals surface area contributed by atoms with Gasteiger partial charge in [0, 0.05) is 30.6 Å². The van der Waals surface area contributed by atoms with Gasteiger partial charge in [0.05, 0.1) is 4.90 Å². The van der Waals surface area contributed by atoms with Crippen molar-refractivity contribution in [2.45, 2.75) is 18.7 Å². The molecule has 1 amide bonds. The average molecular weight is 296 g/mol. The zero-order valence-corrected chi connectivity index (χ0v) is 12.8. The van der Waals surface area contributed by atoms with Gasteiger partial charge >= 0.3 is 0 Å². The molecule has 6 heteroatoms. The molecule has 0 saturated carbocycles. The highest BCUT2D eigenvalue weighted by Gasteiger charge is 2.17. The fraction of sp³-hybridized carbons (Fsp3) is 0.357. The van der Waals surface area contributed by atoms with E-state index < -0.39 is 9.84 Å². The highest BCUT2D eigenvalue weighted by molar-refractivity contribution is 7.90. The van der Waals surface area contributed by atoms with E-state index in [0.717, 1.165) is 11.8 Å². The Balaban J connectivity index is 3.22. The molecule has 5 nitrogen and oxygen atoms in total. The highest BCUT2D eigenvalue weighted by Crippen LogP contribution is 2.18. The van der Waals surface area contributed by atoms with Crippen LogP contribution in [0.15, 0.2) is 35.2 Å². The number of nitrogens with two attached hydrogens (primary N) is 1. The Morgan fingerprint density at radius 3 is 2.40 bits per heavy atom. The fourth-order valence-electron chi connectivity index (χ4n) is 1.80. The van der Waals surface area contributed by atoms with Crippen LogP contribution in [0.5, 0.6) is 0 Å². The minimum absolute atomic E-state index is 0.0484. The summed E-state index contributed by atoms with van der Waals surface area (Å²) in [4.78, 5) is 14.0. The summed E-state index contributed by atoms with van der Waals surface area (Å²) in [7, 11) is -3.41. The minimum Gasteiger partial charge on any atom is -0.399 e. The topological polar surface area (TPSA) is 80.5 Å². The lowest BCUT2D eigenvalue weighted by Gasteiger charge is -2.21. The molecule has 2 N–H and O–H groups in total. The van der Waals surface area contributed by atoms with Gasteiger partial charge in [-0.15, -0.1) is 0 Å². The van der Waals surface area contributed by atoms with Gasteiger partial charge in [0.2, 0.25) is 0 Å². The van der Waals surface area contributed by atoms with E-state index in [2.05, 4.69) is 6.58 Å². The zero-order valence-electron chi connectivity index (χ0n) is 12.0. The number of hydrogen-bond acceptors (Lipinski definition) is 4. The van der Waals surface area contributed by atoms with Gasteiger partial charge in [-0.2, -0.15) is 0 Å². The van der Waals surface area contributed by atoms with Gasteiger partial charge in [0.1, 0.15) is 0 Å². The number of likely N-dealkylation sites (N-methyl/N-ethyl adjacent to an activating group) is 1. The summed E-state index contributed by atoms with van der Waals surface area (Å²) in [5.41, 5.74) is 7.06. The van der Waals surface area contributed by atoms with Crippen LogP contribution in [0, 0.1) is 0 Å². The van der Waals surface area contributed by atoms with Crippen molar-refractivity contribution in [1.29, 1.82) is 0 Å². The molecular formula is C14H20N2O3S. The van der Waals surface area contributed by atoms with Crippen LogP contribution < -0.4 is 5.73 Å². The number of carbonyl (C=O) groups is 1. The van der Waals surface area contributed by atoms with E-state index in [0.29, 0.717) is 13.1 Å². The predicted molar refractivity (Wildman–Crippen MR) is 80.4 cm³/mol. The minimum atomic E-state index is -3.41. The van der Waals surface area contributed by atoms with Crippen molar-refractivity contribution in [2.24, 2.45) is 0 Å². The van der Waals surface area contributed by atoms with Gasteiger partial charge in [-0.3, -0.25) is 4.79 Å². The Kier molecular flexibility index (Phi) is 4.94. The maximum Gasteiger partial charge on any atom is 0.254 e. The SMILES string of the molecule is C=C(C)CN(CC)C(=O)c1cc(N)cc(S(C)(=O)=O)c1. The lowest BCUT2D eigenvalue weighted by Crippen LogP contribution is -2.32. The molecule has 0 aromatic heterocycles. The first-order valence-corrected chi connectivity index (χ1v) is 8.08. The number of carbonyl (C=O) groups excluding carboxylic acids is 1. The Morgan fingerprint density at radius 1 is 1.35 bits per heavy atom. The maximum atomic E-state index is 12.4. The van der Waals surface area contributed by atoms with E-state index in [9.17, 15) is 13.2 Å². The second-order valence-electron chi connectivity index (χ2n) is 4.84. The van der Waals surface area contributed by atoms with Crippen molar-refractivity contribution in [3.8, 4) is 0 Å². The van der Waals surface area contributed by atoms with Crippen LogP contribution in [0.3, 0.4) is 0 Å². The molecule has 0 radical (unpaired) electrons. The van der Waals surface area contributed by atoms with Gasteiger partial charge in [-0.1, -0.05) is 12.2 Å². The third kappa shape index (κ3) is 4.09. The van der Waals surface area contributed by atoms with E-state index in [-0.39, 0.29) is 22.1 Å². The van der Waals surface area contributed by atoms with E-state index in [1.165, 1.54) is 18.2 Å².